The molecule has 7 heteroatoms. The summed E-state index contributed by atoms with van der Waals surface area (Å²) < 4.78 is 6.07. The molecule has 116 valence electrons. The van der Waals surface area contributed by atoms with Crippen molar-refractivity contribution in [1.29, 1.82) is 0 Å². The summed E-state index contributed by atoms with van der Waals surface area (Å²) in [5.41, 5.74) is 0.629. The molecule has 0 saturated carbocycles. The first-order chi connectivity index (χ1) is 10.6. The summed E-state index contributed by atoms with van der Waals surface area (Å²) in [6.45, 7) is 0. The standard InChI is InChI=1S/C15H14BrClN2O3/c16-10-3-1-4-11(7-10)18-15(21)13(19-14(20)9-17)8-12-5-2-6-22-12/h1-7,13H,8-9H2,(H,18,21)(H,19,20). The van der Waals surface area contributed by atoms with Gasteiger partial charge in [-0.05, 0) is 30.3 Å². The second kappa shape index (κ2) is 8.00. The van der Waals surface area contributed by atoms with E-state index in [1.807, 2.05) is 6.07 Å². The van der Waals surface area contributed by atoms with Gasteiger partial charge in [0.1, 0.15) is 17.7 Å². The smallest absolute Gasteiger partial charge is 0.247 e. The Balaban J connectivity index is 2.09. The summed E-state index contributed by atoms with van der Waals surface area (Å²) >= 11 is 8.83. The van der Waals surface area contributed by atoms with Gasteiger partial charge in [-0.3, -0.25) is 9.59 Å². The van der Waals surface area contributed by atoms with E-state index in [-0.39, 0.29) is 18.2 Å². The Bertz CT molecular complexity index is 646. The summed E-state index contributed by atoms with van der Waals surface area (Å²) in [6.07, 6.45) is 1.76. The van der Waals surface area contributed by atoms with Crippen LogP contribution < -0.4 is 10.6 Å². The van der Waals surface area contributed by atoms with Gasteiger partial charge < -0.3 is 15.1 Å². The average molecular weight is 386 g/mol. The minimum Gasteiger partial charge on any atom is -0.469 e. The summed E-state index contributed by atoms with van der Waals surface area (Å²) in [5.74, 6) is -0.362. The van der Waals surface area contributed by atoms with Gasteiger partial charge >= 0.3 is 0 Å². The van der Waals surface area contributed by atoms with Crippen LogP contribution in [0.3, 0.4) is 0 Å². The highest BCUT2D eigenvalue weighted by atomic mass is 79.9. The molecule has 0 aliphatic carbocycles. The van der Waals surface area contributed by atoms with Crippen molar-refractivity contribution in [2.75, 3.05) is 11.2 Å². The van der Waals surface area contributed by atoms with Crippen molar-refractivity contribution in [3.05, 3.63) is 52.9 Å². The topological polar surface area (TPSA) is 71.3 Å². The van der Waals surface area contributed by atoms with Crippen molar-refractivity contribution >= 4 is 45.0 Å². The van der Waals surface area contributed by atoms with Crippen molar-refractivity contribution in [2.45, 2.75) is 12.5 Å². The van der Waals surface area contributed by atoms with Crippen molar-refractivity contribution in [2.24, 2.45) is 0 Å². The molecule has 5 nitrogen and oxygen atoms in total. The maximum absolute atomic E-state index is 12.4. The molecular weight excluding hydrogens is 372 g/mol. The molecular formula is C15H14BrClN2O3. The number of halogens is 2. The molecule has 22 heavy (non-hydrogen) atoms. The van der Waals surface area contributed by atoms with E-state index in [9.17, 15) is 9.59 Å². The fraction of sp³-hybridized carbons (Fsp3) is 0.200. The maximum Gasteiger partial charge on any atom is 0.247 e. The number of benzene rings is 1. The molecule has 2 aromatic rings. The molecule has 1 aromatic carbocycles. The van der Waals surface area contributed by atoms with Crippen LogP contribution in [-0.4, -0.2) is 23.7 Å². The lowest BCUT2D eigenvalue weighted by Gasteiger charge is -2.17. The number of carbonyl (C=O) groups is 2. The van der Waals surface area contributed by atoms with Crippen LogP contribution in [0.15, 0.2) is 51.6 Å². The van der Waals surface area contributed by atoms with Crippen molar-refractivity contribution in [3.63, 3.8) is 0 Å². The molecule has 2 rings (SSSR count). The molecule has 0 aliphatic heterocycles. The van der Waals surface area contributed by atoms with Crippen LogP contribution in [0.1, 0.15) is 5.76 Å². The van der Waals surface area contributed by atoms with Crippen LogP contribution in [-0.2, 0) is 16.0 Å². The average Bonchev–Trinajstić information content (AvgIpc) is 2.99. The molecule has 1 heterocycles. The molecule has 0 fully saturated rings. The van der Waals surface area contributed by atoms with Gasteiger partial charge in [0.05, 0.1) is 6.26 Å². The van der Waals surface area contributed by atoms with Gasteiger partial charge in [0, 0.05) is 16.6 Å². The van der Waals surface area contributed by atoms with Crippen LogP contribution in [0.25, 0.3) is 0 Å². The van der Waals surface area contributed by atoms with Crippen LogP contribution in [0, 0.1) is 0 Å². The van der Waals surface area contributed by atoms with Crippen molar-refractivity contribution in [1.82, 2.24) is 5.32 Å². The highest BCUT2D eigenvalue weighted by molar-refractivity contribution is 9.10. The van der Waals surface area contributed by atoms with Crippen LogP contribution >= 0.6 is 27.5 Å². The molecule has 1 aromatic heterocycles. The quantitative estimate of drug-likeness (QED) is 0.751. The molecule has 1 atom stereocenters. The molecule has 0 aliphatic rings. The van der Waals surface area contributed by atoms with Gasteiger partial charge in [-0.25, -0.2) is 0 Å². The molecule has 1 unspecified atom stereocenters. The van der Waals surface area contributed by atoms with Crippen LogP contribution in [0.5, 0.6) is 0 Å². The largest absolute Gasteiger partial charge is 0.469 e. The lowest BCUT2D eigenvalue weighted by atomic mass is 10.1. The first kappa shape index (κ1) is 16.6. The zero-order valence-corrected chi connectivity index (χ0v) is 13.9. The Labute approximate surface area is 141 Å². The van der Waals surface area contributed by atoms with Gasteiger partial charge in [-0.2, -0.15) is 0 Å². The number of rotatable bonds is 6. The van der Waals surface area contributed by atoms with E-state index in [1.165, 1.54) is 6.26 Å². The minimum atomic E-state index is -0.767. The Hall–Kier alpha value is -1.79. The zero-order valence-electron chi connectivity index (χ0n) is 11.5. The van der Waals surface area contributed by atoms with Crippen molar-refractivity contribution < 1.29 is 14.0 Å². The fourth-order valence-corrected chi connectivity index (χ4v) is 2.34. The summed E-state index contributed by atoms with van der Waals surface area (Å²) in [7, 11) is 0. The zero-order chi connectivity index (χ0) is 15.9. The monoisotopic (exact) mass is 384 g/mol. The second-order valence-corrected chi connectivity index (χ2v) is 5.72. The number of alkyl halides is 1. The normalized spacial score (nSPS) is 11.7. The number of carbonyl (C=O) groups excluding carboxylic acids is 2. The lowest BCUT2D eigenvalue weighted by molar-refractivity contribution is -0.125. The third kappa shape index (κ3) is 4.89. The predicted octanol–water partition coefficient (Wildman–Crippen LogP) is 2.95. The Morgan fingerprint density at radius 3 is 2.73 bits per heavy atom. The Kier molecular flexibility index (Phi) is 6.03. The number of furan rings is 1. The number of hydrogen-bond acceptors (Lipinski definition) is 3. The molecule has 0 spiro atoms. The third-order valence-electron chi connectivity index (χ3n) is 2.85. The number of nitrogens with one attached hydrogen (secondary N) is 2. The minimum absolute atomic E-state index is 0.210. The van der Waals surface area contributed by atoms with Crippen molar-refractivity contribution in [3.8, 4) is 0 Å². The van der Waals surface area contributed by atoms with Gasteiger partial charge in [0.25, 0.3) is 0 Å². The van der Waals surface area contributed by atoms with E-state index in [2.05, 4.69) is 26.6 Å². The summed E-state index contributed by atoms with van der Waals surface area (Å²) in [5, 5.41) is 5.34. The maximum atomic E-state index is 12.4. The summed E-state index contributed by atoms with van der Waals surface area (Å²) in [6, 6.07) is 9.88. The number of hydrogen-bond donors (Lipinski definition) is 2. The van der Waals surface area contributed by atoms with E-state index in [4.69, 9.17) is 16.0 Å². The Morgan fingerprint density at radius 1 is 1.27 bits per heavy atom. The van der Waals surface area contributed by atoms with E-state index < -0.39 is 11.9 Å². The van der Waals surface area contributed by atoms with Gasteiger partial charge in [-0.1, -0.05) is 22.0 Å². The lowest BCUT2D eigenvalue weighted by Crippen LogP contribution is -2.45. The van der Waals surface area contributed by atoms with E-state index in [0.29, 0.717) is 11.4 Å². The number of amides is 2. The molecule has 2 N–H and O–H groups in total. The Morgan fingerprint density at radius 2 is 2.09 bits per heavy atom. The highest BCUT2D eigenvalue weighted by Crippen LogP contribution is 2.16. The van der Waals surface area contributed by atoms with E-state index >= 15 is 0 Å². The molecule has 2 amide bonds. The SMILES string of the molecule is O=C(CCl)NC(Cc1ccco1)C(=O)Nc1cccc(Br)c1. The van der Waals surface area contributed by atoms with E-state index in [1.54, 1.807) is 30.3 Å². The van der Waals surface area contributed by atoms with Crippen LogP contribution in [0.4, 0.5) is 5.69 Å². The second-order valence-electron chi connectivity index (χ2n) is 4.54. The third-order valence-corrected chi connectivity index (χ3v) is 3.59. The fourth-order valence-electron chi connectivity index (χ4n) is 1.87. The molecule has 0 radical (unpaired) electrons. The predicted molar refractivity (Wildman–Crippen MR) is 87.8 cm³/mol. The first-order valence-corrected chi connectivity index (χ1v) is 7.85. The van der Waals surface area contributed by atoms with Crippen LogP contribution in [0.2, 0.25) is 0 Å². The summed E-state index contributed by atoms with van der Waals surface area (Å²) in [4.78, 5) is 23.9. The van der Waals surface area contributed by atoms with Gasteiger partial charge in [0.15, 0.2) is 0 Å². The number of anilines is 1. The first-order valence-electron chi connectivity index (χ1n) is 6.52. The van der Waals surface area contributed by atoms with Gasteiger partial charge in [0.2, 0.25) is 11.8 Å². The van der Waals surface area contributed by atoms with E-state index in [0.717, 1.165) is 4.47 Å². The molecule has 0 saturated heterocycles. The molecule has 0 bridgehead atoms. The van der Waals surface area contributed by atoms with Gasteiger partial charge in [-0.15, -0.1) is 11.6 Å². The highest BCUT2D eigenvalue weighted by Gasteiger charge is 2.22.